The summed E-state index contributed by atoms with van der Waals surface area (Å²) in [6.07, 6.45) is -7.45. The number of hydrogen-bond donors (Lipinski definition) is 4. The van der Waals surface area contributed by atoms with Crippen LogP contribution in [0.3, 0.4) is 0 Å². The van der Waals surface area contributed by atoms with Crippen LogP contribution in [0.15, 0.2) is 18.2 Å². The first-order valence-corrected chi connectivity index (χ1v) is 7.61. The molecule has 0 spiro atoms. The van der Waals surface area contributed by atoms with Crippen molar-refractivity contribution < 1.29 is 49.0 Å². The van der Waals surface area contributed by atoms with Gasteiger partial charge >= 0.3 is 11.9 Å². The van der Waals surface area contributed by atoms with Crippen molar-refractivity contribution in [3.63, 3.8) is 0 Å². The maximum atomic E-state index is 11.8. The van der Waals surface area contributed by atoms with Gasteiger partial charge in [0.25, 0.3) is 0 Å². The van der Waals surface area contributed by atoms with E-state index in [-0.39, 0.29) is 16.9 Å². The molecule has 0 aliphatic carbocycles. The Labute approximate surface area is 148 Å². The van der Waals surface area contributed by atoms with E-state index in [1.807, 2.05) is 0 Å². The highest BCUT2D eigenvalue weighted by molar-refractivity contribution is 5.96. The maximum absolute atomic E-state index is 11.8. The molecule has 26 heavy (non-hydrogen) atoms. The van der Waals surface area contributed by atoms with Crippen LogP contribution in [-0.2, 0) is 14.2 Å². The van der Waals surface area contributed by atoms with Crippen LogP contribution < -0.4 is 4.74 Å². The van der Waals surface area contributed by atoms with Crippen molar-refractivity contribution in [1.29, 1.82) is 0 Å². The summed E-state index contributed by atoms with van der Waals surface area (Å²) in [6, 6.07) is 3.71. The van der Waals surface area contributed by atoms with Crippen LogP contribution in [0.2, 0.25) is 0 Å². The van der Waals surface area contributed by atoms with Crippen molar-refractivity contribution in [2.75, 3.05) is 20.8 Å². The number of benzene rings is 1. The number of hydrogen-bond acceptors (Lipinski definition) is 10. The molecule has 0 bridgehead atoms. The Morgan fingerprint density at radius 2 is 1.50 bits per heavy atom. The standard InChI is InChI=1S/C16H20O10/c1-23-14(21)7-3-8(15(22)24-2)5-9(4-7)25-16-13(20)12(19)11(18)10(6-17)26-16/h3-5,10-13,16-20H,6H2,1-2H3/t10-,11-,12+,13+,16+/m1/s1. The Hall–Kier alpha value is -2.24. The highest BCUT2D eigenvalue weighted by atomic mass is 16.7. The number of carbonyl (C=O) groups excluding carboxylic acids is 2. The SMILES string of the molecule is COC(=O)c1cc(O[C@H]2O[C@H](CO)[C@@H](O)[C@H](O)[C@@H]2O)cc(C(=O)OC)c1. The summed E-state index contributed by atoms with van der Waals surface area (Å²) in [5.74, 6) is -1.54. The van der Waals surface area contributed by atoms with Gasteiger partial charge in [0.1, 0.15) is 30.2 Å². The van der Waals surface area contributed by atoms with E-state index in [1.165, 1.54) is 18.2 Å². The number of esters is 2. The second kappa shape index (κ2) is 8.43. The van der Waals surface area contributed by atoms with Gasteiger partial charge in [-0.1, -0.05) is 0 Å². The molecule has 0 amide bonds. The zero-order chi connectivity index (χ0) is 19.4. The average molecular weight is 372 g/mol. The highest BCUT2D eigenvalue weighted by Gasteiger charge is 2.44. The molecule has 1 fully saturated rings. The smallest absolute Gasteiger partial charge is 0.338 e. The Morgan fingerprint density at radius 3 is 1.96 bits per heavy atom. The number of rotatable bonds is 5. The molecule has 0 unspecified atom stereocenters. The van der Waals surface area contributed by atoms with E-state index in [2.05, 4.69) is 9.47 Å². The molecule has 2 rings (SSSR count). The van der Waals surface area contributed by atoms with Crippen LogP contribution in [0.25, 0.3) is 0 Å². The van der Waals surface area contributed by atoms with Gasteiger partial charge < -0.3 is 39.4 Å². The molecule has 1 heterocycles. The average Bonchev–Trinajstić information content (AvgIpc) is 2.66. The minimum absolute atomic E-state index is 0.0185. The normalized spacial score (nSPS) is 28.3. The molecule has 10 nitrogen and oxygen atoms in total. The van der Waals surface area contributed by atoms with Crippen molar-refractivity contribution in [3.05, 3.63) is 29.3 Å². The molecule has 1 aliphatic rings. The predicted octanol–water partition coefficient (Wildman–Crippen LogP) is -1.56. The van der Waals surface area contributed by atoms with Crippen LogP contribution in [0.1, 0.15) is 20.7 Å². The van der Waals surface area contributed by atoms with Gasteiger partial charge in [-0.05, 0) is 18.2 Å². The number of aliphatic hydroxyl groups is 4. The lowest BCUT2D eigenvalue weighted by Crippen LogP contribution is -2.60. The van der Waals surface area contributed by atoms with Crippen LogP contribution in [0.4, 0.5) is 0 Å². The third-order valence-corrected chi connectivity index (χ3v) is 3.85. The summed E-state index contributed by atoms with van der Waals surface area (Å²) >= 11 is 0. The van der Waals surface area contributed by atoms with Crippen molar-refractivity contribution >= 4 is 11.9 Å². The summed E-state index contributed by atoms with van der Waals surface area (Å²) in [7, 11) is 2.32. The Kier molecular flexibility index (Phi) is 6.51. The van der Waals surface area contributed by atoms with E-state index in [9.17, 15) is 30.0 Å². The summed E-state index contributed by atoms with van der Waals surface area (Å²) < 4.78 is 19.8. The number of methoxy groups -OCH3 is 2. The maximum Gasteiger partial charge on any atom is 0.338 e. The van der Waals surface area contributed by atoms with Crippen LogP contribution >= 0.6 is 0 Å². The first-order valence-electron chi connectivity index (χ1n) is 7.61. The van der Waals surface area contributed by atoms with Gasteiger partial charge in [-0.25, -0.2) is 9.59 Å². The van der Waals surface area contributed by atoms with Gasteiger partial charge in [0, 0.05) is 0 Å². The fourth-order valence-corrected chi connectivity index (χ4v) is 2.44. The Morgan fingerprint density at radius 1 is 0.962 bits per heavy atom. The summed E-state index contributed by atoms with van der Waals surface area (Å²) in [4.78, 5) is 23.5. The molecule has 144 valence electrons. The van der Waals surface area contributed by atoms with E-state index in [0.29, 0.717) is 0 Å². The van der Waals surface area contributed by atoms with Crippen LogP contribution in [0.5, 0.6) is 5.75 Å². The fourth-order valence-electron chi connectivity index (χ4n) is 2.44. The summed E-state index contributed by atoms with van der Waals surface area (Å²) in [6.45, 7) is -0.625. The van der Waals surface area contributed by atoms with Gasteiger partial charge in [-0.15, -0.1) is 0 Å². The molecule has 10 heteroatoms. The molecule has 0 aromatic heterocycles. The monoisotopic (exact) mass is 372 g/mol. The van der Waals surface area contributed by atoms with Gasteiger partial charge in [-0.3, -0.25) is 0 Å². The predicted molar refractivity (Wildman–Crippen MR) is 83.5 cm³/mol. The van der Waals surface area contributed by atoms with E-state index in [1.54, 1.807) is 0 Å². The molecule has 1 aromatic carbocycles. The fraction of sp³-hybridized carbons (Fsp3) is 0.500. The molecule has 1 saturated heterocycles. The van der Waals surface area contributed by atoms with Crippen molar-refractivity contribution in [2.45, 2.75) is 30.7 Å². The second-order valence-electron chi connectivity index (χ2n) is 5.54. The molecule has 4 N–H and O–H groups in total. The molecule has 5 atom stereocenters. The minimum atomic E-state index is -1.64. The molecule has 0 radical (unpaired) electrons. The molecule has 0 saturated carbocycles. The lowest BCUT2D eigenvalue weighted by molar-refractivity contribution is -0.277. The second-order valence-corrected chi connectivity index (χ2v) is 5.54. The van der Waals surface area contributed by atoms with E-state index < -0.39 is 49.3 Å². The third kappa shape index (κ3) is 4.11. The zero-order valence-electron chi connectivity index (χ0n) is 14.1. The zero-order valence-corrected chi connectivity index (χ0v) is 14.1. The van der Waals surface area contributed by atoms with Crippen LogP contribution in [0, 0.1) is 0 Å². The van der Waals surface area contributed by atoms with Gasteiger partial charge in [0.05, 0.1) is 32.0 Å². The van der Waals surface area contributed by atoms with Gasteiger partial charge in [0.15, 0.2) is 0 Å². The Bertz CT molecular complexity index is 624. The first kappa shape index (κ1) is 20.1. The number of aliphatic hydroxyl groups excluding tert-OH is 4. The Balaban J connectivity index is 2.32. The van der Waals surface area contributed by atoms with E-state index in [4.69, 9.17) is 9.47 Å². The highest BCUT2D eigenvalue weighted by Crippen LogP contribution is 2.26. The van der Waals surface area contributed by atoms with E-state index >= 15 is 0 Å². The lowest BCUT2D eigenvalue weighted by atomic mass is 9.99. The quantitative estimate of drug-likeness (QED) is 0.446. The summed E-state index contributed by atoms with van der Waals surface area (Å²) in [5.41, 5.74) is -0.0371. The topological polar surface area (TPSA) is 152 Å². The van der Waals surface area contributed by atoms with Crippen molar-refractivity contribution in [1.82, 2.24) is 0 Å². The molecular formula is C16H20O10. The van der Waals surface area contributed by atoms with E-state index in [0.717, 1.165) is 14.2 Å². The van der Waals surface area contributed by atoms with Gasteiger partial charge in [0.2, 0.25) is 6.29 Å². The molecular weight excluding hydrogens is 352 g/mol. The number of carbonyl (C=O) groups is 2. The van der Waals surface area contributed by atoms with Crippen molar-refractivity contribution in [2.24, 2.45) is 0 Å². The minimum Gasteiger partial charge on any atom is -0.465 e. The third-order valence-electron chi connectivity index (χ3n) is 3.85. The first-order chi connectivity index (χ1) is 12.3. The van der Waals surface area contributed by atoms with Crippen LogP contribution in [-0.4, -0.2) is 83.9 Å². The molecule has 1 aliphatic heterocycles. The molecule has 1 aromatic rings. The largest absolute Gasteiger partial charge is 0.465 e. The summed E-state index contributed by atoms with van der Waals surface area (Å²) in [5, 5.41) is 38.8. The van der Waals surface area contributed by atoms with Crippen molar-refractivity contribution in [3.8, 4) is 5.75 Å². The van der Waals surface area contributed by atoms with Gasteiger partial charge in [-0.2, -0.15) is 0 Å². The number of ether oxygens (including phenoxy) is 4. The lowest BCUT2D eigenvalue weighted by Gasteiger charge is -2.39.